The van der Waals surface area contributed by atoms with Gasteiger partial charge >= 0.3 is 5.97 Å². The van der Waals surface area contributed by atoms with Gasteiger partial charge in [-0.25, -0.2) is 0 Å². The number of carboxylic acids is 1. The maximum atomic E-state index is 10.2. The van der Waals surface area contributed by atoms with Crippen LogP contribution in [-0.2, 0) is 4.79 Å². The predicted octanol–water partition coefficient (Wildman–Crippen LogP) is 2.02. The highest BCUT2D eigenvalue weighted by Crippen LogP contribution is 2.30. The number of carboxylic acid groups (broad SMARTS) is 1. The second-order valence-corrected chi connectivity index (χ2v) is 4.39. The van der Waals surface area contributed by atoms with Crippen molar-refractivity contribution in [3.63, 3.8) is 0 Å². The van der Waals surface area contributed by atoms with Crippen molar-refractivity contribution >= 4 is 5.97 Å². The van der Waals surface area contributed by atoms with Crippen molar-refractivity contribution in [3.8, 4) is 0 Å². The lowest BCUT2D eigenvalue weighted by Crippen LogP contribution is -2.31. The van der Waals surface area contributed by atoms with Gasteiger partial charge < -0.3 is 10.4 Å². The van der Waals surface area contributed by atoms with Crippen LogP contribution in [0.25, 0.3) is 0 Å². The molecule has 0 aromatic carbocycles. The minimum absolute atomic E-state index is 0.281. The summed E-state index contributed by atoms with van der Waals surface area (Å²) in [6.07, 6.45) is 6.46. The van der Waals surface area contributed by atoms with E-state index in [1.54, 1.807) is 0 Å². The molecule has 14 heavy (non-hydrogen) atoms. The maximum Gasteiger partial charge on any atom is 0.303 e. The third kappa shape index (κ3) is 4.61. The minimum atomic E-state index is -0.696. The summed E-state index contributed by atoms with van der Waals surface area (Å²) in [5.41, 5.74) is 0. The number of aliphatic carboxylic acids is 1. The molecule has 0 spiro atoms. The van der Waals surface area contributed by atoms with E-state index < -0.39 is 5.97 Å². The molecule has 1 aliphatic rings. The summed E-state index contributed by atoms with van der Waals surface area (Å²) in [6.45, 7) is 3.03. The molecule has 0 heterocycles. The molecule has 1 saturated carbocycles. The van der Waals surface area contributed by atoms with Crippen LogP contribution in [0.15, 0.2) is 0 Å². The quantitative estimate of drug-likeness (QED) is 0.617. The predicted molar refractivity (Wildman–Crippen MR) is 56.3 cm³/mol. The van der Waals surface area contributed by atoms with Crippen molar-refractivity contribution < 1.29 is 9.90 Å². The van der Waals surface area contributed by atoms with E-state index >= 15 is 0 Å². The van der Waals surface area contributed by atoms with E-state index in [9.17, 15) is 4.79 Å². The van der Waals surface area contributed by atoms with Crippen LogP contribution in [-0.4, -0.2) is 23.7 Å². The average molecular weight is 199 g/mol. The van der Waals surface area contributed by atoms with Gasteiger partial charge in [0.25, 0.3) is 0 Å². The standard InChI is InChI=1S/C11H21NO2/c1-9(8-10-4-2-5-10)12-7-3-6-11(13)14/h9-10,12H,2-8H2,1H3,(H,13,14). The number of nitrogens with one attached hydrogen (secondary N) is 1. The van der Waals surface area contributed by atoms with Gasteiger partial charge in [-0.1, -0.05) is 19.3 Å². The van der Waals surface area contributed by atoms with E-state index in [0.717, 1.165) is 18.9 Å². The van der Waals surface area contributed by atoms with E-state index in [1.807, 2.05) is 0 Å². The molecular formula is C11H21NO2. The largest absolute Gasteiger partial charge is 0.481 e. The van der Waals surface area contributed by atoms with Crippen LogP contribution in [0.2, 0.25) is 0 Å². The molecule has 82 valence electrons. The lowest BCUT2D eigenvalue weighted by Gasteiger charge is -2.28. The summed E-state index contributed by atoms with van der Waals surface area (Å²) in [6, 6.07) is 0.550. The van der Waals surface area contributed by atoms with Crippen LogP contribution >= 0.6 is 0 Å². The monoisotopic (exact) mass is 199 g/mol. The summed E-state index contributed by atoms with van der Waals surface area (Å²) in [5.74, 6) is 0.232. The third-order valence-electron chi connectivity index (χ3n) is 2.97. The van der Waals surface area contributed by atoms with Crippen molar-refractivity contribution in [3.05, 3.63) is 0 Å². The van der Waals surface area contributed by atoms with Crippen LogP contribution in [0.4, 0.5) is 0 Å². The first-order valence-electron chi connectivity index (χ1n) is 5.63. The summed E-state index contributed by atoms with van der Waals surface area (Å²) < 4.78 is 0. The van der Waals surface area contributed by atoms with Crippen molar-refractivity contribution in [1.82, 2.24) is 5.32 Å². The van der Waals surface area contributed by atoms with Gasteiger partial charge in [0.15, 0.2) is 0 Å². The summed E-state index contributed by atoms with van der Waals surface area (Å²) >= 11 is 0. The molecule has 3 heteroatoms. The van der Waals surface area contributed by atoms with E-state index in [-0.39, 0.29) is 6.42 Å². The Hall–Kier alpha value is -0.570. The molecule has 0 saturated heterocycles. The molecule has 1 rings (SSSR count). The molecule has 0 amide bonds. The maximum absolute atomic E-state index is 10.2. The second kappa shape index (κ2) is 6.02. The SMILES string of the molecule is CC(CC1CCC1)NCCCC(=O)O. The lowest BCUT2D eigenvalue weighted by molar-refractivity contribution is -0.137. The van der Waals surface area contributed by atoms with Crippen LogP contribution in [0, 0.1) is 5.92 Å². The van der Waals surface area contributed by atoms with Crippen LogP contribution in [0.5, 0.6) is 0 Å². The molecule has 1 unspecified atom stereocenters. The van der Waals surface area contributed by atoms with Gasteiger partial charge in [-0.15, -0.1) is 0 Å². The molecular weight excluding hydrogens is 178 g/mol. The zero-order chi connectivity index (χ0) is 10.4. The first kappa shape index (κ1) is 11.5. The molecule has 2 N–H and O–H groups in total. The fourth-order valence-electron chi connectivity index (χ4n) is 1.90. The van der Waals surface area contributed by atoms with Crippen LogP contribution < -0.4 is 5.32 Å². The van der Waals surface area contributed by atoms with Gasteiger partial charge in [0.1, 0.15) is 0 Å². The number of carbonyl (C=O) groups is 1. The highest BCUT2D eigenvalue weighted by Gasteiger charge is 2.19. The Bertz CT molecular complexity index is 178. The molecule has 0 aromatic rings. The zero-order valence-corrected chi connectivity index (χ0v) is 8.96. The number of rotatable bonds is 7. The van der Waals surface area contributed by atoms with Crippen molar-refractivity contribution in [2.24, 2.45) is 5.92 Å². The molecule has 0 aromatic heterocycles. The molecule has 3 nitrogen and oxygen atoms in total. The van der Waals surface area contributed by atoms with Gasteiger partial charge in [0.2, 0.25) is 0 Å². The Morgan fingerprint density at radius 3 is 2.79 bits per heavy atom. The summed E-state index contributed by atoms with van der Waals surface area (Å²) in [4.78, 5) is 10.2. The molecule has 0 radical (unpaired) electrons. The van der Waals surface area contributed by atoms with Crippen LogP contribution in [0.1, 0.15) is 45.4 Å². The van der Waals surface area contributed by atoms with Gasteiger partial charge in [-0.05, 0) is 32.2 Å². The number of hydrogen-bond acceptors (Lipinski definition) is 2. The van der Waals surface area contributed by atoms with E-state index in [2.05, 4.69) is 12.2 Å². The Balaban J connectivity index is 1.91. The van der Waals surface area contributed by atoms with Gasteiger partial charge in [0.05, 0.1) is 0 Å². The Kier molecular flexibility index (Phi) is 4.94. The Labute approximate surface area is 85.9 Å². The first-order chi connectivity index (χ1) is 6.68. The zero-order valence-electron chi connectivity index (χ0n) is 8.96. The van der Waals surface area contributed by atoms with E-state index in [1.165, 1.54) is 25.7 Å². The third-order valence-corrected chi connectivity index (χ3v) is 2.97. The number of hydrogen-bond donors (Lipinski definition) is 2. The molecule has 1 atom stereocenters. The molecule has 1 fully saturated rings. The highest BCUT2D eigenvalue weighted by molar-refractivity contribution is 5.66. The topological polar surface area (TPSA) is 49.3 Å². The van der Waals surface area contributed by atoms with E-state index in [0.29, 0.717) is 6.04 Å². The first-order valence-corrected chi connectivity index (χ1v) is 5.63. The Morgan fingerprint density at radius 2 is 2.29 bits per heavy atom. The fraction of sp³-hybridized carbons (Fsp3) is 0.909. The van der Waals surface area contributed by atoms with Crippen molar-refractivity contribution in [2.45, 2.75) is 51.5 Å². The smallest absolute Gasteiger partial charge is 0.303 e. The molecule has 1 aliphatic carbocycles. The second-order valence-electron chi connectivity index (χ2n) is 4.39. The van der Waals surface area contributed by atoms with Crippen LogP contribution in [0.3, 0.4) is 0 Å². The normalized spacial score (nSPS) is 18.9. The highest BCUT2D eigenvalue weighted by atomic mass is 16.4. The summed E-state index contributed by atoms with van der Waals surface area (Å²) in [7, 11) is 0. The van der Waals surface area contributed by atoms with Gasteiger partial charge in [-0.2, -0.15) is 0 Å². The Morgan fingerprint density at radius 1 is 1.57 bits per heavy atom. The molecule has 0 bridgehead atoms. The summed E-state index contributed by atoms with van der Waals surface area (Å²) in [5, 5.41) is 11.8. The average Bonchev–Trinajstić information content (AvgIpc) is 2.05. The van der Waals surface area contributed by atoms with Crippen molar-refractivity contribution in [2.75, 3.05) is 6.54 Å². The lowest BCUT2D eigenvalue weighted by atomic mass is 9.81. The van der Waals surface area contributed by atoms with Crippen molar-refractivity contribution in [1.29, 1.82) is 0 Å². The van der Waals surface area contributed by atoms with Gasteiger partial charge in [-0.3, -0.25) is 4.79 Å². The molecule has 0 aliphatic heterocycles. The van der Waals surface area contributed by atoms with E-state index in [4.69, 9.17) is 5.11 Å². The minimum Gasteiger partial charge on any atom is -0.481 e. The fourth-order valence-corrected chi connectivity index (χ4v) is 1.90. The van der Waals surface area contributed by atoms with Gasteiger partial charge in [0, 0.05) is 12.5 Å².